The second kappa shape index (κ2) is 8.43. The highest BCUT2D eigenvalue weighted by Gasteiger charge is 2.32. The second-order valence-corrected chi connectivity index (χ2v) is 9.11. The summed E-state index contributed by atoms with van der Waals surface area (Å²) in [6.45, 7) is 5.81. The maximum absolute atomic E-state index is 14.9. The highest BCUT2D eigenvalue weighted by Crippen LogP contribution is 2.40. The van der Waals surface area contributed by atoms with Gasteiger partial charge in [0, 0.05) is 35.3 Å². The van der Waals surface area contributed by atoms with Gasteiger partial charge in [0.05, 0.1) is 29.8 Å². The van der Waals surface area contributed by atoms with Gasteiger partial charge in [-0.1, -0.05) is 11.6 Å². The van der Waals surface area contributed by atoms with Gasteiger partial charge >= 0.3 is 0 Å². The molecule has 1 saturated heterocycles. The van der Waals surface area contributed by atoms with Crippen molar-refractivity contribution in [1.29, 1.82) is 0 Å². The quantitative estimate of drug-likeness (QED) is 0.410. The summed E-state index contributed by atoms with van der Waals surface area (Å²) >= 11 is 5.99. The first-order valence-electron chi connectivity index (χ1n) is 10.9. The number of nitrogens with zero attached hydrogens (tertiary/aromatic N) is 6. The fourth-order valence-electron chi connectivity index (χ4n) is 4.36. The van der Waals surface area contributed by atoms with Crippen LogP contribution in [0.5, 0.6) is 0 Å². The first-order valence-corrected chi connectivity index (χ1v) is 11.3. The Bertz CT molecular complexity index is 1360. The number of aryl methyl sites for hydroxylation is 3. The molecule has 170 valence electrons. The Hall–Kier alpha value is -2.97. The maximum atomic E-state index is 14.9. The Kier molecular flexibility index (Phi) is 5.58. The lowest BCUT2D eigenvalue weighted by Crippen LogP contribution is -2.26. The molecule has 9 heteroatoms. The van der Waals surface area contributed by atoms with E-state index in [1.807, 2.05) is 40.2 Å². The highest BCUT2D eigenvalue weighted by molar-refractivity contribution is 6.30. The molecule has 3 atom stereocenters. The van der Waals surface area contributed by atoms with Crippen LogP contribution in [0, 0.1) is 19.7 Å². The van der Waals surface area contributed by atoms with E-state index in [9.17, 15) is 4.39 Å². The zero-order valence-electron chi connectivity index (χ0n) is 18.9. The van der Waals surface area contributed by atoms with Crippen molar-refractivity contribution in [3.63, 3.8) is 0 Å². The molecule has 0 amide bonds. The van der Waals surface area contributed by atoms with E-state index in [1.165, 1.54) is 6.07 Å². The largest absolute Gasteiger partial charge is 0.370 e. The SMILES string of the molecule is Cc1nc2nc([C@@H]3C[C@H](C)O[C@@H](c4cnn(C)c4)C3)nc(-c3ccc(Cl)cc3F)c2nc1C. The predicted molar refractivity (Wildman–Crippen MR) is 123 cm³/mol. The van der Waals surface area contributed by atoms with Crippen molar-refractivity contribution in [2.45, 2.75) is 51.7 Å². The average molecular weight is 467 g/mol. The summed E-state index contributed by atoms with van der Waals surface area (Å²) in [5, 5.41) is 4.60. The lowest BCUT2D eigenvalue weighted by atomic mass is 9.89. The van der Waals surface area contributed by atoms with Crippen molar-refractivity contribution >= 4 is 22.8 Å². The smallest absolute Gasteiger partial charge is 0.182 e. The van der Waals surface area contributed by atoms with Crippen LogP contribution in [0.3, 0.4) is 0 Å². The third-order valence-electron chi connectivity index (χ3n) is 6.12. The topological polar surface area (TPSA) is 78.6 Å². The number of halogens is 2. The number of hydrogen-bond acceptors (Lipinski definition) is 6. The first-order chi connectivity index (χ1) is 15.8. The zero-order valence-corrected chi connectivity index (χ0v) is 19.6. The van der Waals surface area contributed by atoms with Crippen molar-refractivity contribution in [1.82, 2.24) is 29.7 Å². The Morgan fingerprint density at radius 3 is 2.61 bits per heavy atom. The normalized spacial score (nSPS) is 21.0. The number of rotatable bonds is 3. The van der Waals surface area contributed by atoms with Gasteiger partial charge < -0.3 is 4.74 Å². The fraction of sp³-hybridized carbons (Fsp3) is 0.375. The van der Waals surface area contributed by atoms with Crippen molar-refractivity contribution in [3.05, 3.63) is 64.2 Å². The molecule has 4 aromatic rings. The molecule has 0 radical (unpaired) electrons. The minimum absolute atomic E-state index is 0.00908. The molecule has 1 aliphatic rings. The third kappa shape index (κ3) is 4.20. The standard InChI is InChI=1S/C24H24ClFN6O/c1-12-7-15(8-20(33-12)16-10-27-32(4)11-16)23-30-21(18-6-5-17(25)9-19(18)26)22-24(31-23)29-14(3)13(2)28-22/h5-6,9-12,15,20H,7-8H2,1-4H3/t12-,15+,20+/m0/s1. The Morgan fingerprint density at radius 2 is 1.88 bits per heavy atom. The lowest BCUT2D eigenvalue weighted by Gasteiger charge is -2.33. The van der Waals surface area contributed by atoms with E-state index in [-0.39, 0.29) is 18.1 Å². The van der Waals surface area contributed by atoms with Crippen LogP contribution in [0.2, 0.25) is 5.02 Å². The van der Waals surface area contributed by atoms with Crippen LogP contribution in [0.25, 0.3) is 22.4 Å². The molecule has 4 heterocycles. The average Bonchev–Trinajstić information content (AvgIpc) is 3.20. The van der Waals surface area contributed by atoms with Crippen LogP contribution < -0.4 is 0 Å². The van der Waals surface area contributed by atoms with Crippen molar-refractivity contribution in [2.75, 3.05) is 0 Å². The number of benzene rings is 1. The van der Waals surface area contributed by atoms with Crippen LogP contribution in [0.1, 0.15) is 54.6 Å². The van der Waals surface area contributed by atoms with E-state index in [0.717, 1.165) is 23.4 Å². The Balaban J connectivity index is 1.64. The highest BCUT2D eigenvalue weighted by atomic mass is 35.5. The van der Waals surface area contributed by atoms with Gasteiger partial charge in [0.2, 0.25) is 0 Å². The molecule has 0 spiro atoms. The number of ether oxygens (including phenoxy) is 1. The summed E-state index contributed by atoms with van der Waals surface area (Å²) in [7, 11) is 1.88. The predicted octanol–water partition coefficient (Wildman–Crippen LogP) is 5.25. The molecule has 1 fully saturated rings. The van der Waals surface area contributed by atoms with Gasteiger partial charge in [-0.05, 0) is 51.8 Å². The molecule has 1 aromatic carbocycles. The van der Waals surface area contributed by atoms with Crippen LogP contribution in [0.15, 0.2) is 30.6 Å². The minimum atomic E-state index is -0.456. The van der Waals surface area contributed by atoms with E-state index in [0.29, 0.717) is 39.7 Å². The maximum Gasteiger partial charge on any atom is 0.182 e. The monoisotopic (exact) mass is 466 g/mol. The van der Waals surface area contributed by atoms with Gasteiger partial charge in [-0.3, -0.25) is 4.68 Å². The van der Waals surface area contributed by atoms with Crippen LogP contribution in [-0.4, -0.2) is 35.8 Å². The van der Waals surface area contributed by atoms with E-state index in [4.69, 9.17) is 26.3 Å². The number of hydrogen-bond donors (Lipinski definition) is 0. The van der Waals surface area contributed by atoms with E-state index >= 15 is 0 Å². The van der Waals surface area contributed by atoms with Crippen LogP contribution in [-0.2, 0) is 11.8 Å². The molecule has 0 aliphatic carbocycles. The molecule has 1 aliphatic heterocycles. The van der Waals surface area contributed by atoms with Gasteiger partial charge in [0.25, 0.3) is 0 Å². The Labute approximate surface area is 196 Å². The van der Waals surface area contributed by atoms with Crippen molar-refractivity contribution < 1.29 is 9.13 Å². The van der Waals surface area contributed by atoms with E-state index in [2.05, 4.69) is 15.1 Å². The van der Waals surface area contributed by atoms with Gasteiger partial charge in [-0.2, -0.15) is 5.10 Å². The van der Waals surface area contributed by atoms with Crippen LogP contribution in [0.4, 0.5) is 4.39 Å². The molecule has 33 heavy (non-hydrogen) atoms. The third-order valence-corrected chi connectivity index (χ3v) is 6.35. The summed E-state index contributed by atoms with van der Waals surface area (Å²) in [5.41, 5.74) is 4.25. The summed E-state index contributed by atoms with van der Waals surface area (Å²) in [5.74, 6) is 0.177. The minimum Gasteiger partial charge on any atom is -0.370 e. The van der Waals surface area contributed by atoms with Crippen molar-refractivity contribution in [2.24, 2.45) is 7.05 Å². The molecule has 7 nitrogen and oxygen atoms in total. The molecule has 0 unspecified atom stereocenters. The van der Waals surface area contributed by atoms with E-state index in [1.54, 1.807) is 16.8 Å². The zero-order chi connectivity index (χ0) is 23.3. The Morgan fingerprint density at radius 1 is 1.09 bits per heavy atom. The number of aromatic nitrogens is 6. The van der Waals surface area contributed by atoms with E-state index < -0.39 is 5.82 Å². The molecular weight excluding hydrogens is 443 g/mol. The molecular formula is C24H24ClFN6O. The first kappa shape index (κ1) is 21.9. The van der Waals surface area contributed by atoms with Gasteiger partial charge in [-0.15, -0.1) is 0 Å². The van der Waals surface area contributed by atoms with Gasteiger partial charge in [0.15, 0.2) is 5.65 Å². The molecule has 5 rings (SSSR count). The summed E-state index contributed by atoms with van der Waals surface area (Å²) in [4.78, 5) is 19.0. The lowest BCUT2D eigenvalue weighted by molar-refractivity contribution is -0.0511. The summed E-state index contributed by atoms with van der Waals surface area (Å²) in [6.07, 6.45) is 5.13. The van der Waals surface area contributed by atoms with Crippen molar-refractivity contribution in [3.8, 4) is 11.3 Å². The fourth-order valence-corrected chi connectivity index (χ4v) is 4.52. The van der Waals surface area contributed by atoms with Crippen LogP contribution >= 0.6 is 11.6 Å². The second-order valence-electron chi connectivity index (χ2n) is 8.67. The van der Waals surface area contributed by atoms with Gasteiger partial charge in [-0.25, -0.2) is 24.3 Å². The molecule has 0 N–H and O–H groups in total. The number of fused-ring (bicyclic) bond motifs is 1. The molecule has 0 bridgehead atoms. The summed E-state index contributed by atoms with van der Waals surface area (Å²) in [6, 6.07) is 4.57. The van der Waals surface area contributed by atoms with Gasteiger partial charge in [0.1, 0.15) is 22.9 Å². The molecule has 3 aromatic heterocycles. The molecule has 0 saturated carbocycles. The summed E-state index contributed by atoms with van der Waals surface area (Å²) < 4.78 is 22.9.